The minimum atomic E-state index is -0.569. The third kappa shape index (κ3) is 4.11. The molecule has 0 bridgehead atoms. The minimum Gasteiger partial charge on any atom is -0.323 e. The first-order valence-electron chi connectivity index (χ1n) is 6.16. The van der Waals surface area contributed by atoms with Crippen LogP contribution in [-0.2, 0) is 14.4 Å². The number of likely N-dealkylation sites (tertiary alicyclic amines) is 1. The summed E-state index contributed by atoms with van der Waals surface area (Å²) in [6, 6.07) is 4.25. The highest BCUT2D eigenvalue weighted by Crippen LogP contribution is 2.21. The second-order valence-corrected chi connectivity index (χ2v) is 6.87. The van der Waals surface area contributed by atoms with E-state index >= 15 is 0 Å². The molecule has 116 valence electrons. The first kappa shape index (κ1) is 17.0. The molecule has 1 fully saturated rings. The maximum Gasteiger partial charge on any atom is 0.235 e. The average molecular weight is 405 g/mol. The van der Waals surface area contributed by atoms with Gasteiger partial charge in [0.25, 0.3) is 0 Å². The predicted molar refractivity (Wildman–Crippen MR) is 88.9 cm³/mol. The lowest BCUT2D eigenvalue weighted by molar-refractivity contribution is -0.133. The van der Waals surface area contributed by atoms with Gasteiger partial charge in [-0.15, -0.1) is 0 Å². The van der Waals surface area contributed by atoms with E-state index in [-0.39, 0.29) is 40.4 Å². The van der Waals surface area contributed by atoms with E-state index in [1.54, 1.807) is 6.07 Å². The Bertz CT molecular complexity index is 653. The lowest BCUT2D eigenvalue weighted by atomic mass is 10.3. The minimum absolute atomic E-state index is 0.0407. The summed E-state index contributed by atoms with van der Waals surface area (Å²) in [5.74, 6) is -1.89. The molecular formula is C13H10BrFN2O3S2. The van der Waals surface area contributed by atoms with Crippen molar-refractivity contribution >= 4 is 67.6 Å². The van der Waals surface area contributed by atoms with Crippen molar-refractivity contribution < 1.29 is 18.8 Å². The lowest BCUT2D eigenvalue weighted by Gasteiger charge is -2.14. The monoisotopic (exact) mass is 404 g/mol. The van der Waals surface area contributed by atoms with E-state index < -0.39 is 11.7 Å². The number of halogens is 2. The van der Waals surface area contributed by atoms with Crippen LogP contribution >= 0.6 is 39.9 Å². The number of rotatable bonds is 3. The molecule has 1 aliphatic heterocycles. The van der Waals surface area contributed by atoms with Gasteiger partial charge >= 0.3 is 0 Å². The Morgan fingerprint density at radius 1 is 1.36 bits per heavy atom. The first-order valence-corrected chi connectivity index (χ1v) is 8.34. The maximum atomic E-state index is 13.6. The number of hydrogen-bond donors (Lipinski definition) is 1. The van der Waals surface area contributed by atoms with E-state index in [1.807, 2.05) is 0 Å². The maximum absolute atomic E-state index is 13.6. The molecular weight excluding hydrogens is 395 g/mol. The molecule has 0 aromatic heterocycles. The SMILES string of the molecule is O=C(CSC(=S)N1C(=O)CCC1=O)Nc1ccc(Br)cc1F. The Hall–Kier alpha value is -1.32. The van der Waals surface area contributed by atoms with Crippen LogP contribution < -0.4 is 5.32 Å². The summed E-state index contributed by atoms with van der Waals surface area (Å²) >= 11 is 8.99. The highest BCUT2D eigenvalue weighted by Gasteiger charge is 2.32. The van der Waals surface area contributed by atoms with E-state index in [0.717, 1.165) is 16.7 Å². The third-order valence-electron chi connectivity index (χ3n) is 2.77. The van der Waals surface area contributed by atoms with Crippen LogP contribution in [0.3, 0.4) is 0 Å². The van der Waals surface area contributed by atoms with E-state index in [0.29, 0.717) is 4.47 Å². The van der Waals surface area contributed by atoms with Crippen LogP contribution in [0.5, 0.6) is 0 Å². The largest absolute Gasteiger partial charge is 0.323 e. The summed E-state index contributed by atoms with van der Waals surface area (Å²) in [7, 11) is 0. The van der Waals surface area contributed by atoms with Crippen LogP contribution in [0.2, 0.25) is 0 Å². The smallest absolute Gasteiger partial charge is 0.235 e. The Balaban J connectivity index is 1.89. The Morgan fingerprint density at radius 2 is 2.00 bits per heavy atom. The number of benzene rings is 1. The number of amides is 3. The Kier molecular flexibility index (Phi) is 5.65. The van der Waals surface area contributed by atoms with Crippen molar-refractivity contribution in [3.8, 4) is 0 Å². The van der Waals surface area contributed by atoms with Crippen LogP contribution in [-0.4, -0.2) is 32.7 Å². The molecule has 9 heteroatoms. The van der Waals surface area contributed by atoms with E-state index in [4.69, 9.17) is 12.2 Å². The van der Waals surface area contributed by atoms with Crippen molar-refractivity contribution in [2.75, 3.05) is 11.1 Å². The molecule has 3 amide bonds. The number of thioether (sulfide) groups is 1. The first-order chi connectivity index (χ1) is 10.4. The Labute approximate surface area is 143 Å². The van der Waals surface area contributed by atoms with E-state index in [2.05, 4.69) is 21.2 Å². The van der Waals surface area contributed by atoms with Gasteiger partial charge in [0.05, 0.1) is 11.4 Å². The highest BCUT2D eigenvalue weighted by molar-refractivity contribution is 9.10. The van der Waals surface area contributed by atoms with Crippen LogP contribution in [0.4, 0.5) is 10.1 Å². The second kappa shape index (κ2) is 7.30. The number of nitrogens with one attached hydrogen (secondary N) is 1. The molecule has 1 aliphatic rings. The van der Waals surface area contributed by atoms with E-state index in [1.165, 1.54) is 12.1 Å². The van der Waals surface area contributed by atoms with Crippen molar-refractivity contribution in [2.45, 2.75) is 12.8 Å². The van der Waals surface area contributed by atoms with Gasteiger partial charge < -0.3 is 5.32 Å². The molecule has 22 heavy (non-hydrogen) atoms. The Morgan fingerprint density at radius 3 is 2.59 bits per heavy atom. The van der Waals surface area contributed by atoms with Gasteiger partial charge in [-0.25, -0.2) is 9.29 Å². The standard InChI is InChI=1S/C13H10BrFN2O3S2/c14-7-1-2-9(8(15)5-7)16-10(18)6-22-13(21)17-11(19)3-4-12(17)20/h1-2,5H,3-4,6H2,(H,16,18). The zero-order valence-electron chi connectivity index (χ0n) is 11.1. The summed E-state index contributed by atoms with van der Waals surface area (Å²) in [5, 5.41) is 2.40. The normalized spacial score (nSPS) is 14.4. The van der Waals surface area contributed by atoms with Crippen molar-refractivity contribution in [3.63, 3.8) is 0 Å². The molecule has 0 spiro atoms. The zero-order chi connectivity index (χ0) is 16.3. The third-order valence-corrected chi connectivity index (χ3v) is 4.63. The average Bonchev–Trinajstić information content (AvgIpc) is 2.79. The summed E-state index contributed by atoms with van der Waals surface area (Å²) in [4.78, 5) is 35.7. The van der Waals surface area contributed by atoms with Crippen molar-refractivity contribution in [1.82, 2.24) is 4.90 Å². The van der Waals surface area contributed by atoms with Gasteiger partial charge in [0, 0.05) is 17.3 Å². The summed E-state index contributed by atoms with van der Waals surface area (Å²) in [6.45, 7) is 0. The van der Waals surface area contributed by atoms with Gasteiger partial charge in [0.1, 0.15) is 10.1 Å². The molecule has 1 saturated heterocycles. The van der Waals surface area contributed by atoms with Gasteiger partial charge in [-0.3, -0.25) is 14.4 Å². The molecule has 0 radical (unpaired) electrons. The molecule has 0 saturated carbocycles. The van der Waals surface area contributed by atoms with E-state index in [9.17, 15) is 18.8 Å². The van der Waals surface area contributed by atoms with Crippen LogP contribution in [0.15, 0.2) is 22.7 Å². The molecule has 1 N–H and O–H groups in total. The zero-order valence-corrected chi connectivity index (χ0v) is 14.3. The van der Waals surface area contributed by atoms with Gasteiger partial charge in [0.15, 0.2) is 0 Å². The summed E-state index contributed by atoms with van der Waals surface area (Å²) < 4.78 is 14.2. The molecule has 0 aliphatic carbocycles. The van der Waals surface area contributed by atoms with Gasteiger partial charge in [-0.1, -0.05) is 39.9 Å². The van der Waals surface area contributed by atoms with Gasteiger partial charge in [-0.05, 0) is 18.2 Å². The molecule has 0 atom stereocenters. The predicted octanol–water partition coefficient (Wildman–Crippen LogP) is 2.69. The van der Waals surface area contributed by atoms with Crippen molar-refractivity contribution in [2.24, 2.45) is 0 Å². The topological polar surface area (TPSA) is 66.5 Å². The summed E-state index contributed by atoms with van der Waals surface area (Å²) in [6.07, 6.45) is 0.270. The van der Waals surface area contributed by atoms with Crippen LogP contribution in [0, 0.1) is 5.82 Å². The fraction of sp³-hybridized carbons (Fsp3) is 0.231. The van der Waals surface area contributed by atoms with Crippen molar-refractivity contribution in [3.05, 3.63) is 28.5 Å². The number of thiocarbonyl (C=S) groups is 1. The molecule has 1 aromatic rings. The van der Waals surface area contributed by atoms with Crippen LogP contribution in [0.25, 0.3) is 0 Å². The number of carbonyl (C=O) groups is 3. The summed E-state index contributed by atoms with van der Waals surface area (Å²) in [5.41, 5.74) is 0.0491. The fourth-order valence-corrected chi connectivity index (χ4v) is 3.12. The second-order valence-electron chi connectivity index (χ2n) is 4.35. The molecule has 1 aromatic carbocycles. The van der Waals surface area contributed by atoms with Gasteiger partial charge in [0.2, 0.25) is 17.7 Å². The van der Waals surface area contributed by atoms with Crippen LogP contribution in [0.1, 0.15) is 12.8 Å². The number of anilines is 1. The lowest BCUT2D eigenvalue weighted by Crippen LogP contribution is -2.33. The van der Waals surface area contributed by atoms with Crippen molar-refractivity contribution in [1.29, 1.82) is 0 Å². The highest BCUT2D eigenvalue weighted by atomic mass is 79.9. The number of nitrogens with zero attached hydrogens (tertiary/aromatic N) is 1. The van der Waals surface area contributed by atoms with Gasteiger partial charge in [-0.2, -0.15) is 0 Å². The molecule has 1 heterocycles. The fourth-order valence-electron chi connectivity index (χ4n) is 1.75. The molecule has 5 nitrogen and oxygen atoms in total. The number of hydrogen-bond acceptors (Lipinski definition) is 5. The number of imide groups is 1. The quantitative estimate of drug-likeness (QED) is 0.619. The molecule has 0 unspecified atom stereocenters. The number of carbonyl (C=O) groups excluding carboxylic acids is 3. The molecule has 2 rings (SSSR count).